The first-order valence-corrected chi connectivity index (χ1v) is 3.73. The van der Waals surface area contributed by atoms with Gasteiger partial charge in [-0.3, -0.25) is 0 Å². The average molecular weight is 221 g/mol. The van der Waals surface area contributed by atoms with Crippen molar-refractivity contribution >= 4 is 5.97 Å². The molecule has 7 heteroatoms. The van der Waals surface area contributed by atoms with Crippen LogP contribution in [0.5, 0.6) is 5.88 Å². The molecule has 0 amide bonds. The van der Waals surface area contributed by atoms with E-state index in [-0.39, 0.29) is 5.88 Å². The van der Waals surface area contributed by atoms with Crippen molar-refractivity contribution < 1.29 is 27.8 Å². The summed E-state index contributed by atoms with van der Waals surface area (Å²) in [6, 6.07) is 0.743. The zero-order chi connectivity index (χ0) is 11.6. The first-order chi connectivity index (χ1) is 6.97. The van der Waals surface area contributed by atoms with Crippen LogP contribution in [0.2, 0.25) is 0 Å². The molecule has 1 rings (SSSR count). The number of halogens is 3. The molecule has 1 heterocycles. The highest BCUT2D eigenvalue weighted by molar-refractivity contribution is 5.89. The van der Waals surface area contributed by atoms with E-state index in [4.69, 9.17) is 5.11 Å². The number of hydrogen-bond acceptors (Lipinski definition) is 3. The van der Waals surface area contributed by atoms with Gasteiger partial charge in [-0.2, -0.15) is 9.37 Å². The second kappa shape index (κ2) is 4.16. The Morgan fingerprint density at radius 1 is 1.60 bits per heavy atom. The molecule has 1 aromatic rings. The SMILES string of the molecule is COc1cc(C(=O)O)c(C(F)F)c(F)n1. The second-order valence-electron chi connectivity index (χ2n) is 2.52. The van der Waals surface area contributed by atoms with Crippen LogP contribution < -0.4 is 4.74 Å². The maximum Gasteiger partial charge on any atom is 0.336 e. The third kappa shape index (κ3) is 2.17. The van der Waals surface area contributed by atoms with Crippen molar-refractivity contribution in [3.8, 4) is 5.88 Å². The first kappa shape index (κ1) is 11.3. The number of carbonyl (C=O) groups is 1. The van der Waals surface area contributed by atoms with E-state index in [9.17, 15) is 18.0 Å². The number of carboxylic acids is 1. The van der Waals surface area contributed by atoms with Crippen molar-refractivity contribution in [3.05, 3.63) is 23.1 Å². The Bertz CT molecular complexity index is 395. The molecule has 0 radical (unpaired) electrons. The number of alkyl halides is 2. The molecule has 0 aromatic carbocycles. The molecule has 0 aliphatic carbocycles. The van der Waals surface area contributed by atoms with Gasteiger partial charge in [0.15, 0.2) is 0 Å². The third-order valence-electron chi connectivity index (χ3n) is 1.65. The summed E-state index contributed by atoms with van der Waals surface area (Å²) in [6.07, 6.45) is -3.24. The summed E-state index contributed by atoms with van der Waals surface area (Å²) >= 11 is 0. The molecule has 0 aliphatic rings. The van der Waals surface area contributed by atoms with Crippen molar-refractivity contribution in [1.29, 1.82) is 0 Å². The fraction of sp³-hybridized carbons (Fsp3) is 0.250. The summed E-state index contributed by atoms with van der Waals surface area (Å²) in [5, 5.41) is 8.58. The number of methoxy groups -OCH3 is 1. The van der Waals surface area contributed by atoms with Gasteiger partial charge in [0.25, 0.3) is 6.43 Å². The zero-order valence-corrected chi connectivity index (χ0v) is 7.50. The standard InChI is InChI=1S/C8H6F3NO3/c1-15-4-2-3(8(13)14)5(6(9)10)7(11)12-4/h2,6H,1H3,(H,13,14). The summed E-state index contributed by atoms with van der Waals surface area (Å²) in [6.45, 7) is 0. The molecule has 1 N–H and O–H groups in total. The van der Waals surface area contributed by atoms with Gasteiger partial charge in [-0.25, -0.2) is 13.6 Å². The van der Waals surface area contributed by atoms with Crippen LogP contribution in [0.3, 0.4) is 0 Å². The average Bonchev–Trinajstić information content (AvgIpc) is 2.15. The van der Waals surface area contributed by atoms with Crippen LogP contribution in [0.15, 0.2) is 6.07 Å². The van der Waals surface area contributed by atoms with E-state index in [0.29, 0.717) is 0 Å². The molecule has 0 atom stereocenters. The molecule has 0 fully saturated rings. The predicted molar refractivity (Wildman–Crippen MR) is 42.7 cm³/mol. The van der Waals surface area contributed by atoms with Gasteiger partial charge in [-0.05, 0) is 0 Å². The number of rotatable bonds is 3. The summed E-state index contributed by atoms with van der Waals surface area (Å²) in [7, 11) is 1.12. The van der Waals surface area contributed by atoms with Gasteiger partial charge >= 0.3 is 5.97 Å². The molecule has 15 heavy (non-hydrogen) atoms. The summed E-state index contributed by atoms with van der Waals surface area (Å²) in [5.74, 6) is -3.57. The topological polar surface area (TPSA) is 59.4 Å². The van der Waals surface area contributed by atoms with Gasteiger partial charge in [0.1, 0.15) is 0 Å². The highest BCUT2D eigenvalue weighted by Gasteiger charge is 2.25. The van der Waals surface area contributed by atoms with Crippen molar-refractivity contribution in [2.45, 2.75) is 6.43 Å². The maximum atomic E-state index is 13.0. The van der Waals surface area contributed by atoms with E-state index >= 15 is 0 Å². The minimum absolute atomic E-state index is 0.366. The van der Waals surface area contributed by atoms with E-state index in [2.05, 4.69) is 9.72 Å². The van der Waals surface area contributed by atoms with Crippen LogP contribution in [-0.4, -0.2) is 23.2 Å². The zero-order valence-electron chi connectivity index (χ0n) is 7.50. The molecule has 1 aromatic heterocycles. The monoisotopic (exact) mass is 221 g/mol. The summed E-state index contributed by atoms with van der Waals surface area (Å²) in [4.78, 5) is 13.6. The van der Waals surface area contributed by atoms with Crippen molar-refractivity contribution in [3.63, 3.8) is 0 Å². The number of hydrogen-bond donors (Lipinski definition) is 1. The molecular formula is C8H6F3NO3. The van der Waals surface area contributed by atoms with Gasteiger partial charge < -0.3 is 9.84 Å². The Labute approximate surface area is 82.3 Å². The second-order valence-corrected chi connectivity index (χ2v) is 2.52. The lowest BCUT2D eigenvalue weighted by Gasteiger charge is -2.07. The fourth-order valence-corrected chi connectivity index (χ4v) is 0.991. The Hall–Kier alpha value is -1.79. The van der Waals surface area contributed by atoms with E-state index in [0.717, 1.165) is 13.2 Å². The fourth-order valence-electron chi connectivity index (χ4n) is 0.991. The van der Waals surface area contributed by atoms with E-state index in [1.54, 1.807) is 0 Å². The lowest BCUT2D eigenvalue weighted by atomic mass is 10.1. The minimum atomic E-state index is -3.24. The van der Waals surface area contributed by atoms with Crippen molar-refractivity contribution in [2.24, 2.45) is 0 Å². The maximum absolute atomic E-state index is 13.0. The molecule has 0 unspecified atom stereocenters. The van der Waals surface area contributed by atoms with E-state index in [1.807, 2.05) is 0 Å². The number of ether oxygens (including phenoxy) is 1. The molecule has 0 spiro atoms. The van der Waals surface area contributed by atoms with Crippen LogP contribution in [-0.2, 0) is 0 Å². The Morgan fingerprint density at radius 2 is 2.20 bits per heavy atom. The number of nitrogens with zero attached hydrogens (tertiary/aromatic N) is 1. The normalized spacial score (nSPS) is 10.5. The first-order valence-electron chi connectivity index (χ1n) is 3.73. The highest BCUT2D eigenvalue weighted by atomic mass is 19.3. The Morgan fingerprint density at radius 3 is 2.60 bits per heavy atom. The van der Waals surface area contributed by atoms with Crippen molar-refractivity contribution in [1.82, 2.24) is 4.98 Å². The van der Waals surface area contributed by atoms with Crippen LogP contribution >= 0.6 is 0 Å². The molecule has 0 saturated carbocycles. The van der Waals surface area contributed by atoms with Gasteiger partial charge in [-0.1, -0.05) is 0 Å². The molecule has 4 nitrogen and oxygen atoms in total. The largest absolute Gasteiger partial charge is 0.481 e. The van der Waals surface area contributed by atoms with Gasteiger partial charge in [-0.15, -0.1) is 0 Å². The number of aromatic carboxylic acids is 1. The van der Waals surface area contributed by atoms with Crippen LogP contribution in [0, 0.1) is 5.95 Å². The number of carboxylic acid groups (broad SMARTS) is 1. The van der Waals surface area contributed by atoms with Crippen molar-refractivity contribution in [2.75, 3.05) is 7.11 Å². The third-order valence-corrected chi connectivity index (χ3v) is 1.65. The number of pyridine rings is 1. The quantitative estimate of drug-likeness (QED) is 0.791. The Kier molecular flexibility index (Phi) is 3.13. The van der Waals surface area contributed by atoms with Crippen LogP contribution in [0.4, 0.5) is 13.2 Å². The van der Waals surface area contributed by atoms with Crippen LogP contribution in [0.25, 0.3) is 0 Å². The predicted octanol–water partition coefficient (Wildman–Crippen LogP) is 1.87. The molecular weight excluding hydrogens is 215 g/mol. The minimum Gasteiger partial charge on any atom is -0.481 e. The highest BCUT2D eigenvalue weighted by Crippen LogP contribution is 2.27. The van der Waals surface area contributed by atoms with E-state index in [1.165, 1.54) is 0 Å². The molecule has 0 aliphatic heterocycles. The van der Waals surface area contributed by atoms with Crippen LogP contribution in [0.1, 0.15) is 22.3 Å². The molecule has 0 saturated heterocycles. The molecule has 82 valence electrons. The lowest BCUT2D eigenvalue weighted by molar-refractivity contribution is 0.0680. The van der Waals surface area contributed by atoms with Gasteiger partial charge in [0.05, 0.1) is 18.2 Å². The molecule has 0 bridgehead atoms. The summed E-state index contributed by atoms with van der Waals surface area (Å²) < 4.78 is 42.0. The number of aromatic nitrogens is 1. The van der Waals surface area contributed by atoms with Gasteiger partial charge in [0, 0.05) is 6.07 Å². The summed E-state index contributed by atoms with van der Waals surface area (Å²) in [5.41, 5.74) is -2.09. The Balaban J connectivity index is 3.42. The lowest BCUT2D eigenvalue weighted by Crippen LogP contribution is -2.08. The van der Waals surface area contributed by atoms with Gasteiger partial charge in [0.2, 0.25) is 11.8 Å². The smallest absolute Gasteiger partial charge is 0.336 e. The van der Waals surface area contributed by atoms with E-state index < -0.39 is 29.5 Å².